The fraction of sp³-hybridized carbons (Fsp3) is 0.867. The summed E-state index contributed by atoms with van der Waals surface area (Å²) in [7, 11) is 0. The number of carbonyl (C=O) groups is 2. The first-order valence-corrected chi connectivity index (χ1v) is 7.91. The summed E-state index contributed by atoms with van der Waals surface area (Å²) in [4.78, 5) is 26.8. The third-order valence-electron chi connectivity index (χ3n) is 4.82. The molecule has 2 atom stereocenters. The van der Waals surface area contributed by atoms with Gasteiger partial charge in [0.15, 0.2) is 0 Å². The Morgan fingerprint density at radius 2 is 1.76 bits per heavy atom. The summed E-state index contributed by atoms with van der Waals surface area (Å²) < 4.78 is 0. The molecule has 0 aromatic rings. The molecule has 2 heterocycles. The predicted molar refractivity (Wildman–Crippen MR) is 77.9 cm³/mol. The van der Waals surface area contributed by atoms with Gasteiger partial charge in [-0.3, -0.25) is 4.79 Å². The number of aliphatic carboxylic acids is 1. The molecule has 0 bridgehead atoms. The first-order valence-electron chi connectivity index (χ1n) is 7.91. The van der Waals surface area contributed by atoms with Gasteiger partial charge in [0.05, 0.1) is 6.10 Å². The third-order valence-corrected chi connectivity index (χ3v) is 4.82. The van der Waals surface area contributed by atoms with Gasteiger partial charge in [0.25, 0.3) is 0 Å². The number of rotatable bonds is 4. The standard InChI is InChI=1S/C15H26N2O4/c1-11(18)13-5-8-16(9-6-13)15(21)17-7-4-12(10-17)2-3-14(19)20/h11-13,18H,2-10H2,1H3,(H,19,20). The fourth-order valence-electron chi connectivity index (χ4n) is 3.34. The van der Waals surface area contributed by atoms with Crippen molar-refractivity contribution in [3.63, 3.8) is 0 Å². The van der Waals surface area contributed by atoms with Crippen LogP contribution in [0.4, 0.5) is 4.79 Å². The average Bonchev–Trinajstić information content (AvgIpc) is 2.93. The summed E-state index contributed by atoms with van der Waals surface area (Å²) in [6.07, 6.45) is 3.17. The Hall–Kier alpha value is -1.30. The normalized spacial score (nSPS) is 25.1. The largest absolute Gasteiger partial charge is 0.481 e. The van der Waals surface area contributed by atoms with Gasteiger partial charge in [-0.1, -0.05) is 0 Å². The number of aliphatic hydroxyl groups is 1. The number of amides is 2. The zero-order valence-corrected chi connectivity index (χ0v) is 12.7. The lowest BCUT2D eigenvalue weighted by Crippen LogP contribution is -2.47. The van der Waals surface area contributed by atoms with E-state index >= 15 is 0 Å². The van der Waals surface area contributed by atoms with E-state index in [0.29, 0.717) is 37.9 Å². The number of aliphatic hydroxyl groups excluding tert-OH is 1. The summed E-state index contributed by atoms with van der Waals surface area (Å²) in [5.41, 5.74) is 0. The van der Waals surface area contributed by atoms with E-state index in [2.05, 4.69) is 0 Å². The van der Waals surface area contributed by atoms with Gasteiger partial charge in [0.1, 0.15) is 0 Å². The minimum Gasteiger partial charge on any atom is -0.481 e. The van der Waals surface area contributed by atoms with E-state index in [0.717, 1.165) is 25.8 Å². The van der Waals surface area contributed by atoms with Gasteiger partial charge in [-0.2, -0.15) is 0 Å². The molecular weight excluding hydrogens is 272 g/mol. The van der Waals surface area contributed by atoms with Gasteiger partial charge in [0.2, 0.25) is 0 Å². The van der Waals surface area contributed by atoms with E-state index in [9.17, 15) is 14.7 Å². The van der Waals surface area contributed by atoms with Crippen molar-refractivity contribution < 1.29 is 19.8 Å². The number of nitrogens with zero attached hydrogens (tertiary/aromatic N) is 2. The number of urea groups is 1. The van der Waals surface area contributed by atoms with Crippen LogP contribution < -0.4 is 0 Å². The summed E-state index contributed by atoms with van der Waals surface area (Å²) in [6.45, 7) is 4.66. The number of carboxylic acid groups (broad SMARTS) is 1. The average molecular weight is 298 g/mol. The van der Waals surface area contributed by atoms with Crippen molar-refractivity contribution in [2.75, 3.05) is 26.2 Å². The molecule has 2 unspecified atom stereocenters. The molecule has 2 aliphatic heterocycles. The molecule has 2 N–H and O–H groups in total. The fourth-order valence-corrected chi connectivity index (χ4v) is 3.34. The summed E-state index contributed by atoms with van der Waals surface area (Å²) in [5.74, 6) is -0.143. The number of carboxylic acids is 1. The zero-order chi connectivity index (χ0) is 15.4. The van der Waals surface area contributed by atoms with Crippen molar-refractivity contribution >= 4 is 12.0 Å². The van der Waals surface area contributed by atoms with Crippen molar-refractivity contribution in [1.29, 1.82) is 0 Å². The highest BCUT2D eigenvalue weighted by atomic mass is 16.4. The van der Waals surface area contributed by atoms with Crippen molar-refractivity contribution in [2.24, 2.45) is 11.8 Å². The van der Waals surface area contributed by atoms with Crippen LogP contribution in [-0.4, -0.2) is 64.3 Å². The highest BCUT2D eigenvalue weighted by Gasteiger charge is 2.32. The molecule has 2 amide bonds. The van der Waals surface area contributed by atoms with Gasteiger partial charge in [-0.15, -0.1) is 0 Å². The van der Waals surface area contributed by atoms with E-state index in [1.54, 1.807) is 0 Å². The predicted octanol–water partition coefficient (Wildman–Crippen LogP) is 1.39. The smallest absolute Gasteiger partial charge is 0.320 e. The maximum atomic E-state index is 12.4. The van der Waals surface area contributed by atoms with Gasteiger partial charge in [-0.05, 0) is 44.4 Å². The molecule has 0 saturated carbocycles. The van der Waals surface area contributed by atoms with Crippen LogP contribution >= 0.6 is 0 Å². The van der Waals surface area contributed by atoms with Crippen LogP contribution in [0.5, 0.6) is 0 Å². The van der Waals surface area contributed by atoms with Gasteiger partial charge >= 0.3 is 12.0 Å². The van der Waals surface area contributed by atoms with E-state index in [1.165, 1.54) is 0 Å². The first-order chi connectivity index (χ1) is 9.97. The lowest BCUT2D eigenvalue weighted by atomic mass is 9.92. The summed E-state index contributed by atoms with van der Waals surface area (Å²) >= 11 is 0. The monoisotopic (exact) mass is 298 g/mol. The number of hydrogen-bond donors (Lipinski definition) is 2. The SMILES string of the molecule is CC(O)C1CCN(C(=O)N2CCC(CCC(=O)O)C2)CC1. The molecular formula is C15H26N2O4. The second kappa shape index (κ2) is 7.11. The maximum Gasteiger partial charge on any atom is 0.320 e. The third kappa shape index (κ3) is 4.33. The Kier molecular flexibility index (Phi) is 5.45. The van der Waals surface area contributed by atoms with Gasteiger partial charge < -0.3 is 20.0 Å². The van der Waals surface area contributed by atoms with Crippen LogP contribution in [0.2, 0.25) is 0 Å². The zero-order valence-electron chi connectivity index (χ0n) is 12.7. The second-order valence-corrected chi connectivity index (χ2v) is 6.38. The van der Waals surface area contributed by atoms with E-state index < -0.39 is 5.97 Å². The molecule has 2 fully saturated rings. The lowest BCUT2D eigenvalue weighted by Gasteiger charge is -2.35. The van der Waals surface area contributed by atoms with E-state index in [4.69, 9.17) is 5.11 Å². The number of hydrogen-bond acceptors (Lipinski definition) is 3. The molecule has 21 heavy (non-hydrogen) atoms. The highest BCUT2D eigenvalue weighted by Crippen LogP contribution is 2.25. The molecule has 2 rings (SSSR count). The second-order valence-electron chi connectivity index (χ2n) is 6.38. The quantitative estimate of drug-likeness (QED) is 0.821. The van der Waals surface area contributed by atoms with Crippen LogP contribution in [0, 0.1) is 11.8 Å². The van der Waals surface area contributed by atoms with E-state index in [-0.39, 0.29) is 18.6 Å². The molecule has 6 nitrogen and oxygen atoms in total. The van der Waals surface area contributed by atoms with Crippen LogP contribution in [-0.2, 0) is 4.79 Å². The molecule has 0 aromatic carbocycles. The minimum atomic E-state index is -0.764. The Morgan fingerprint density at radius 1 is 1.14 bits per heavy atom. The van der Waals surface area contributed by atoms with Crippen LogP contribution in [0.1, 0.15) is 39.0 Å². The molecule has 6 heteroatoms. The molecule has 120 valence electrons. The first kappa shape index (κ1) is 16.1. The topological polar surface area (TPSA) is 81.1 Å². The van der Waals surface area contributed by atoms with E-state index in [1.807, 2.05) is 16.7 Å². The highest BCUT2D eigenvalue weighted by molar-refractivity contribution is 5.75. The van der Waals surface area contributed by atoms with Gasteiger partial charge in [-0.25, -0.2) is 4.79 Å². The van der Waals surface area contributed by atoms with Crippen LogP contribution in [0.15, 0.2) is 0 Å². The Labute approximate surface area is 125 Å². The summed E-state index contributed by atoms with van der Waals surface area (Å²) in [5, 5.41) is 18.3. The Bertz CT molecular complexity index is 378. The van der Waals surface area contributed by atoms with Crippen LogP contribution in [0.25, 0.3) is 0 Å². The minimum absolute atomic E-state index is 0.0804. The van der Waals surface area contributed by atoms with Crippen molar-refractivity contribution in [3.05, 3.63) is 0 Å². The molecule has 0 spiro atoms. The number of likely N-dealkylation sites (tertiary alicyclic amines) is 2. The Balaban J connectivity index is 1.76. The Morgan fingerprint density at radius 3 is 2.33 bits per heavy atom. The molecule has 2 saturated heterocycles. The molecule has 0 radical (unpaired) electrons. The van der Waals surface area contributed by atoms with Crippen molar-refractivity contribution in [1.82, 2.24) is 9.80 Å². The van der Waals surface area contributed by atoms with Crippen molar-refractivity contribution in [3.8, 4) is 0 Å². The summed E-state index contributed by atoms with van der Waals surface area (Å²) in [6, 6.07) is 0.0804. The molecule has 2 aliphatic rings. The molecule has 0 aromatic heterocycles. The lowest BCUT2D eigenvalue weighted by molar-refractivity contribution is -0.137. The van der Waals surface area contributed by atoms with Crippen molar-refractivity contribution in [2.45, 2.75) is 45.1 Å². The van der Waals surface area contributed by atoms with Crippen LogP contribution in [0.3, 0.4) is 0 Å². The molecule has 0 aliphatic carbocycles. The number of piperidine rings is 1. The number of carbonyl (C=O) groups excluding carboxylic acids is 1. The van der Waals surface area contributed by atoms with Gasteiger partial charge in [0, 0.05) is 32.6 Å². The maximum absolute atomic E-state index is 12.4.